The van der Waals surface area contributed by atoms with Crippen LogP contribution in [0.3, 0.4) is 0 Å². The van der Waals surface area contributed by atoms with Gasteiger partial charge in [-0.05, 0) is 61.4 Å². The van der Waals surface area contributed by atoms with Gasteiger partial charge in [0.05, 0.1) is 13.7 Å². The summed E-state index contributed by atoms with van der Waals surface area (Å²) < 4.78 is 23.5. The van der Waals surface area contributed by atoms with Crippen LogP contribution in [0.5, 0.6) is 5.75 Å². The molecule has 1 atom stereocenters. The summed E-state index contributed by atoms with van der Waals surface area (Å²) in [6, 6.07) is 12.3. The molecule has 0 aromatic heterocycles. The maximum atomic E-state index is 13.0. The quantitative estimate of drug-likeness (QED) is 0.889. The number of nitrogens with zero attached hydrogens (tertiary/aromatic N) is 1. The van der Waals surface area contributed by atoms with E-state index >= 15 is 0 Å². The summed E-state index contributed by atoms with van der Waals surface area (Å²) in [5, 5.41) is 2.66. The smallest absolute Gasteiger partial charge is 0.411 e. The lowest BCUT2D eigenvalue weighted by atomic mass is 10.1. The molecule has 1 saturated heterocycles. The first-order valence-corrected chi connectivity index (χ1v) is 8.71. The molecule has 2 aromatic carbocycles. The molecule has 6 nitrogen and oxygen atoms in total. The van der Waals surface area contributed by atoms with Crippen molar-refractivity contribution < 1.29 is 23.5 Å². The van der Waals surface area contributed by atoms with Gasteiger partial charge in [0.1, 0.15) is 17.7 Å². The van der Waals surface area contributed by atoms with Crippen LogP contribution >= 0.6 is 0 Å². The number of hydrogen-bond acceptors (Lipinski definition) is 4. The van der Waals surface area contributed by atoms with Gasteiger partial charge < -0.3 is 14.4 Å². The maximum absolute atomic E-state index is 13.0. The minimum Gasteiger partial charge on any atom is -0.497 e. The average molecular weight is 372 g/mol. The molecule has 0 bridgehead atoms. The van der Waals surface area contributed by atoms with E-state index in [-0.39, 0.29) is 17.8 Å². The van der Waals surface area contributed by atoms with Crippen LogP contribution < -0.4 is 10.1 Å². The van der Waals surface area contributed by atoms with Gasteiger partial charge in [-0.15, -0.1) is 0 Å². The molecule has 1 heterocycles. The van der Waals surface area contributed by atoms with Crippen LogP contribution in [0, 0.1) is 5.82 Å². The molecule has 27 heavy (non-hydrogen) atoms. The Balaban J connectivity index is 1.54. The SMILES string of the molecule is COc1ccc(NC(=O)OC2CCCN(C(=O)c3ccc(F)cc3)C2)cc1. The number of halogens is 1. The van der Waals surface area contributed by atoms with Crippen LogP contribution in [-0.2, 0) is 4.74 Å². The van der Waals surface area contributed by atoms with Crippen LogP contribution in [0.1, 0.15) is 23.2 Å². The monoisotopic (exact) mass is 372 g/mol. The first-order chi connectivity index (χ1) is 13.0. The van der Waals surface area contributed by atoms with Gasteiger partial charge in [-0.1, -0.05) is 0 Å². The van der Waals surface area contributed by atoms with Crippen molar-refractivity contribution in [3.05, 3.63) is 59.9 Å². The lowest BCUT2D eigenvalue weighted by Gasteiger charge is -2.32. The van der Waals surface area contributed by atoms with E-state index in [1.54, 1.807) is 36.3 Å². The summed E-state index contributed by atoms with van der Waals surface area (Å²) in [7, 11) is 1.57. The van der Waals surface area contributed by atoms with E-state index in [4.69, 9.17) is 9.47 Å². The van der Waals surface area contributed by atoms with Gasteiger partial charge >= 0.3 is 6.09 Å². The number of piperidine rings is 1. The topological polar surface area (TPSA) is 67.9 Å². The highest BCUT2D eigenvalue weighted by atomic mass is 19.1. The zero-order chi connectivity index (χ0) is 19.2. The molecule has 142 valence electrons. The normalized spacial score (nSPS) is 16.5. The fourth-order valence-electron chi connectivity index (χ4n) is 2.97. The molecular weight excluding hydrogens is 351 g/mol. The third-order valence-electron chi connectivity index (χ3n) is 4.37. The Morgan fingerprint density at radius 2 is 1.81 bits per heavy atom. The molecule has 0 radical (unpaired) electrons. The molecule has 0 saturated carbocycles. The molecule has 1 fully saturated rings. The first kappa shape index (κ1) is 18.7. The van der Waals surface area contributed by atoms with Crippen molar-refractivity contribution in [2.75, 3.05) is 25.5 Å². The molecule has 2 aromatic rings. The largest absolute Gasteiger partial charge is 0.497 e. The molecular formula is C20H21FN2O4. The van der Waals surface area contributed by atoms with E-state index in [9.17, 15) is 14.0 Å². The van der Waals surface area contributed by atoms with Crippen molar-refractivity contribution in [1.29, 1.82) is 0 Å². The Hall–Kier alpha value is -3.09. The van der Waals surface area contributed by atoms with E-state index in [1.807, 2.05) is 0 Å². The van der Waals surface area contributed by atoms with Crippen LogP contribution in [0.4, 0.5) is 14.9 Å². The second-order valence-electron chi connectivity index (χ2n) is 6.28. The molecule has 0 spiro atoms. The number of likely N-dealkylation sites (tertiary alicyclic amines) is 1. The van der Waals surface area contributed by atoms with Crippen molar-refractivity contribution in [3.8, 4) is 5.75 Å². The molecule has 1 unspecified atom stereocenters. The van der Waals surface area contributed by atoms with Gasteiger partial charge in [0.25, 0.3) is 5.91 Å². The standard InChI is InChI=1S/C20H21FN2O4/c1-26-17-10-8-16(9-11-17)22-20(25)27-18-3-2-12-23(13-18)19(24)14-4-6-15(21)7-5-14/h4-11,18H,2-3,12-13H2,1H3,(H,22,25). The molecule has 2 amide bonds. The van der Waals surface area contributed by atoms with Crippen LogP contribution in [0.25, 0.3) is 0 Å². The van der Waals surface area contributed by atoms with Gasteiger partial charge in [0.15, 0.2) is 0 Å². The van der Waals surface area contributed by atoms with Gasteiger partial charge in [0.2, 0.25) is 0 Å². The van der Waals surface area contributed by atoms with Crippen LogP contribution in [0.2, 0.25) is 0 Å². The van der Waals surface area contributed by atoms with Gasteiger partial charge in [-0.25, -0.2) is 9.18 Å². The van der Waals surface area contributed by atoms with Crippen molar-refractivity contribution >= 4 is 17.7 Å². The van der Waals surface area contributed by atoms with E-state index in [0.717, 1.165) is 6.42 Å². The fourth-order valence-corrected chi connectivity index (χ4v) is 2.97. The third kappa shape index (κ3) is 4.97. The first-order valence-electron chi connectivity index (χ1n) is 8.71. The summed E-state index contributed by atoms with van der Waals surface area (Å²) >= 11 is 0. The number of methoxy groups -OCH3 is 1. The number of benzene rings is 2. The van der Waals surface area contributed by atoms with Gasteiger partial charge in [-0.3, -0.25) is 10.1 Å². The van der Waals surface area contributed by atoms with Crippen molar-refractivity contribution in [3.63, 3.8) is 0 Å². The van der Waals surface area contributed by atoms with Gasteiger partial charge in [-0.2, -0.15) is 0 Å². The second-order valence-corrected chi connectivity index (χ2v) is 6.28. The zero-order valence-corrected chi connectivity index (χ0v) is 15.0. The molecule has 0 aliphatic carbocycles. The predicted octanol–water partition coefficient (Wildman–Crippen LogP) is 3.69. The lowest BCUT2D eigenvalue weighted by Crippen LogP contribution is -2.44. The molecule has 1 aliphatic heterocycles. The Kier molecular flexibility index (Phi) is 5.90. The highest BCUT2D eigenvalue weighted by Crippen LogP contribution is 2.19. The minimum absolute atomic E-state index is 0.195. The van der Waals surface area contributed by atoms with E-state index in [0.29, 0.717) is 36.5 Å². The van der Waals surface area contributed by atoms with E-state index < -0.39 is 6.09 Å². The highest BCUT2D eigenvalue weighted by Gasteiger charge is 2.27. The molecule has 3 rings (SSSR count). The number of carbonyl (C=O) groups excluding carboxylic acids is 2. The summed E-state index contributed by atoms with van der Waals surface area (Å²) in [5.74, 6) is 0.108. The average Bonchev–Trinajstić information content (AvgIpc) is 2.69. The summed E-state index contributed by atoms with van der Waals surface area (Å²) in [5.41, 5.74) is 1.01. The van der Waals surface area contributed by atoms with Crippen LogP contribution in [0.15, 0.2) is 48.5 Å². The zero-order valence-electron chi connectivity index (χ0n) is 15.0. The number of anilines is 1. The van der Waals surface area contributed by atoms with Crippen molar-refractivity contribution in [2.45, 2.75) is 18.9 Å². The number of amides is 2. The minimum atomic E-state index is -0.568. The Morgan fingerprint density at radius 3 is 2.48 bits per heavy atom. The third-order valence-corrected chi connectivity index (χ3v) is 4.37. The maximum Gasteiger partial charge on any atom is 0.411 e. The predicted molar refractivity (Wildman–Crippen MR) is 98.4 cm³/mol. The van der Waals surface area contributed by atoms with E-state index in [1.165, 1.54) is 24.3 Å². The number of hydrogen-bond donors (Lipinski definition) is 1. The van der Waals surface area contributed by atoms with Crippen molar-refractivity contribution in [2.24, 2.45) is 0 Å². The highest BCUT2D eigenvalue weighted by molar-refractivity contribution is 5.94. The molecule has 7 heteroatoms. The number of rotatable bonds is 4. The molecule has 1 aliphatic rings. The Bertz CT molecular complexity index is 793. The van der Waals surface area contributed by atoms with E-state index in [2.05, 4.69) is 5.32 Å². The molecule has 1 N–H and O–H groups in total. The number of nitrogens with one attached hydrogen (secondary N) is 1. The Morgan fingerprint density at radius 1 is 1.11 bits per heavy atom. The second kappa shape index (κ2) is 8.53. The number of ether oxygens (including phenoxy) is 2. The lowest BCUT2D eigenvalue weighted by molar-refractivity contribution is 0.0387. The Labute approximate surface area is 156 Å². The summed E-state index contributed by atoms with van der Waals surface area (Å²) in [6.07, 6.45) is 0.457. The summed E-state index contributed by atoms with van der Waals surface area (Å²) in [6.45, 7) is 0.891. The summed E-state index contributed by atoms with van der Waals surface area (Å²) in [4.78, 5) is 26.3. The fraction of sp³-hybridized carbons (Fsp3) is 0.300. The van der Waals surface area contributed by atoms with Crippen LogP contribution in [-0.4, -0.2) is 43.2 Å². The number of carbonyl (C=O) groups is 2. The van der Waals surface area contributed by atoms with Crippen molar-refractivity contribution in [1.82, 2.24) is 4.90 Å². The van der Waals surface area contributed by atoms with Gasteiger partial charge in [0, 0.05) is 17.8 Å².